The molecule has 21 heavy (non-hydrogen) atoms. The number of anilines is 1. The lowest BCUT2D eigenvalue weighted by molar-refractivity contribution is 0.0925. The largest absolute Gasteiger partial charge is 0.490 e. The predicted molar refractivity (Wildman–Crippen MR) is 84.1 cm³/mol. The Kier molecular flexibility index (Phi) is 6.79. The first-order valence-electron chi connectivity index (χ1n) is 7.75. The molecule has 2 rings (SSSR count). The van der Waals surface area contributed by atoms with Gasteiger partial charge in [-0.15, -0.1) is 0 Å². The van der Waals surface area contributed by atoms with Gasteiger partial charge in [-0.05, 0) is 30.5 Å². The van der Waals surface area contributed by atoms with Crippen LogP contribution in [0.1, 0.15) is 18.9 Å². The molecule has 0 aliphatic carbocycles. The van der Waals surface area contributed by atoms with Crippen LogP contribution in [0.2, 0.25) is 0 Å². The Labute approximate surface area is 126 Å². The van der Waals surface area contributed by atoms with Gasteiger partial charge in [0.1, 0.15) is 12.4 Å². The molecule has 1 aromatic rings. The first kappa shape index (κ1) is 16.1. The molecular weight excluding hydrogens is 268 g/mol. The van der Waals surface area contributed by atoms with E-state index in [0.29, 0.717) is 19.3 Å². The van der Waals surface area contributed by atoms with Crippen LogP contribution in [0.25, 0.3) is 0 Å². The molecule has 3 N–H and O–H groups in total. The lowest BCUT2D eigenvalue weighted by Crippen LogP contribution is -2.33. The fraction of sp³-hybridized carbons (Fsp3) is 0.625. The van der Waals surface area contributed by atoms with Gasteiger partial charge in [0.2, 0.25) is 0 Å². The van der Waals surface area contributed by atoms with Gasteiger partial charge in [-0.1, -0.05) is 13.0 Å². The van der Waals surface area contributed by atoms with Crippen LogP contribution in [0.4, 0.5) is 5.69 Å². The van der Waals surface area contributed by atoms with Crippen LogP contribution in [-0.4, -0.2) is 50.7 Å². The SMILES string of the molecule is CCC(Cc1ccc2c(c1)NCCO2)NCCOCCO. The first-order valence-corrected chi connectivity index (χ1v) is 7.75. The summed E-state index contributed by atoms with van der Waals surface area (Å²) in [6.07, 6.45) is 2.06. The maximum absolute atomic E-state index is 8.65. The quantitative estimate of drug-likeness (QED) is 0.601. The van der Waals surface area contributed by atoms with Crippen LogP contribution in [-0.2, 0) is 11.2 Å². The molecule has 0 radical (unpaired) electrons. The minimum absolute atomic E-state index is 0.0847. The number of fused-ring (bicyclic) bond motifs is 1. The molecule has 1 aliphatic heterocycles. The lowest BCUT2D eigenvalue weighted by Gasteiger charge is -2.21. The molecule has 0 amide bonds. The van der Waals surface area contributed by atoms with Crippen LogP contribution in [0.15, 0.2) is 18.2 Å². The smallest absolute Gasteiger partial charge is 0.142 e. The third kappa shape index (κ3) is 5.19. The summed E-state index contributed by atoms with van der Waals surface area (Å²) >= 11 is 0. The molecule has 0 fully saturated rings. The van der Waals surface area contributed by atoms with Crippen molar-refractivity contribution in [3.8, 4) is 5.75 Å². The number of hydrogen-bond acceptors (Lipinski definition) is 5. The number of nitrogens with one attached hydrogen (secondary N) is 2. The number of benzene rings is 1. The van der Waals surface area contributed by atoms with E-state index in [2.05, 4.69) is 29.7 Å². The van der Waals surface area contributed by atoms with Gasteiger partial charge < -0.3 is 25.2 Å². The maximum Gasteiger partial charge on any atom is 0.142 e. The number of hydrogen-bond donors (Lipinski definition) is 3. The second-order valence-electron chi connectivity index (χ2n) is 5.21. The molecule has 0 saturated carbocycles. The van der Waals surface area contributed by atoms with Crippen molar-refractivity contribution in [1.29, 1.82) is 0 Å². The summed E-state index contributed by atoms with van der Waals surface area (Å²) in [5.41, 5.74) is 2.40. The van der Waals surface area contributed by atoms with E-state index in [9.17, 15) is 0 Å². The monoisotopic (exact) mass is 294 g/mol. The molecule has 1 unspecified atom stereocenters. The van der Waals surface area contributed by atoms with Gasteiger partial charge in [0, 0.05) is 19.1 Å². The third-order valence-corrected chi connectivity index (χ3v) is 3.61. The highest BCUT2D eigenvalue weighted by Gasteiger charge is 2.12. The highest BCUT2D eigenvalue weighted by molar-refractivity contribution is 5.59. The Morgan fingerprint density at radius 2 is 2.33 bits per heavy atom. The topological polar surface area (TPSA) is 62.8 Å². The highest BCUT2D eigenvalue weighted by Crippen LogP contribution is 2.28. The summed E-state index contributed by atoms with van der Waals surface area (Å²) in [4.78, 5) is 0. The second-order valence-corrected chi connectivity index (χ2v) is 5.21. The Balaban J connectivity index is 1.80. The minimum atomic E-state index is 0.0847. The van der Waals surface area contributed by atoms with E-state index >= 15 is 0 Å². The van der Waals surface area contributed by atoms with Crippen molar-refractivity contribution in [3.05, 3.63) is 23.8 Å². The summed E-state index contributed by atoms with van der Waals surface area (Å²) in [5, 5.41) is 15.5. The van der Waals surface area contributed by atoms with Gasteiger partial charge in [0.25, 0.3) is 0 Å². The van der Waals surface area contributed by atoms with Crippen molar-refractivity contribution < 1.29 is 14.6 Å². The number of aliphatic hydroxyl groups is 1. The van der Waals surface area contributed by atoms with Gasteiger partial charge >= 0.3 is 0 Å². The van der Waals surface area contributed by atoms with E-state index in [1.807, 2.05) is 6.07 Å². The molecular formula is C16H26N2O3. The van der Waals surface area contributed by atoms with E-state index in [1.54, 1.807) is 0 Å². The molecule has 1 aliphatic rings. The average Bonchev–Trinajstić information content (AvgIpc) is 2.53. The number of aliphatic hydroxyl groups excluding tert-OH is 1. The van der Waals surface area contributed by atoms with Gasteiger partial charge in [-0.25, -0.2) is 0 Å². The van der Waals surface area contributed by atoms with Crippen LogP contribution in [0.5, 0.6) is 5.75 Å². The van der Waals surface area contributed by atoms with Crippen LogP contribution >= 0.6 is 0 Å². The minimum Gasteiger partial charge on any atom is -0.490 e. The van der Waals surface area contributed by atoms with Crippen LogP contribution in [0.3, 0.4) is 0 Å². The Hall–Kier alpha value is -1.30. The zero-order valence-corrected chi connectivity index (χ0v) is 12.7. The van der Waals surface area contributed by atoms with Crippen molar-refractivity contribution in [2.24, 2.45) is 0 Å². The van der Waals surface area contributed by atoms with Crippen LogP contribution in [0, 0.1) is 0 Å². The van der Waals surface area contributed by atoms with Crippen molar-refractivity contribution in [1.82, 2.24) is 5.32 Å². The summed E-state index contributed by atoms with van der Waals surface area (Å²) in [6, 6.07) is 6.80. The van der Waals surface area contributed by atoms with Gasteiger partial charge in [0.15, 0.2) is 0 Å². The van der Waals surface area contributed by atoms with E-state index in [0.717, 1.165) is 44.0 Å². The van der Waals surface area contributed by atoms with Crippen molar-refractivity contribution in [2.75, 3.05) is 44.8 Å². The van der Waals surface area contributed by atoms with E-state index < -0.39 is 0 Å². The molecule has 118 valence electrons. The Bertz CT molecular complexity index is 426. The molecule has 1 aromatic carbocycles. The molecule has 5 heteroatoms. The van der Waals surface area contributed by atoms with Gasteiger partial charge in [0.05, 0.1) is 25.5 Å². The zero-order chi connectivity index (χ0) is 14.9. The van der Waals surface area contributed by atoms with Crippen LogP contribution < -0.4 is 15.4 Å². The molecule has 0 spiro atoms. The molecule has 5 nitrogen and oxygen atoms in total. The summed E-state index contributed by atoms with van der Waals surface area (Å²) in [5.74, 6) is 0.948. The second kappa shape index (κ2) is 8.87. The van der Waals surface area contributed by atoms with Crippen molar-refractivity contribution >= 4 is 5.69 Å². The van der Waals surface area contributed by atoms with E-state index in [4.69, 9.17) is 14.6 Å². The fourth-order valence-corrected chi connectivity index (χ4v) is 2.46. The van der Waals surface area contributed by atoms with E-state index in [-0.39, 0.29) is 6.61 Å². The molecule has 0 aromatic heterocycles. The standard InChI is InChI=1S/C16H26N2O3/c1-2-14(17-5-8-20-10-7-19)11-13-3-4-16-15(12-13)18-6-9-21-16/h3-4,12,14,17-19H,2,5-11H2,1H3. The number of rotatable bonds is 9. The molecule has 1 atom stereocenters. The summed E-state index contributed by atoms with van der Waals surface area (Å²) in [7, 11) is 0. The van der Waals surface area contributed by atoms with Gasteiger partial charge in [-0.2, -0.15) is 0 Å². The average molecular weight is 294 g/mol. The highest BCUT2D eigenvalue weighted by atomic mass is 16.5. The predicted octanol–water partition coefficient (Wildman–Crippen LogP) is 1.41. The fourth-order valence-electron chi connectivity index (χ4n) is 2.46. The molecule has 1 heterocycles. The third-order valence-electron chi connectivity index (χ3n) is 3.61. The molecule has 0 saturated heterocycles. The maximum atomic E-state index is 8.65. The first-order chi connectivity index (χ1) is 10.3. The normalized spacial score (nSPS) is 15.0. The number of ether oxygens (including phenoxy) is 2. The lowest BCUT2D eigenvalue weighted by atomic mass is 10.0. The van der Waals surface area contributed by atoms with Crippen molar-refractivity contribution in [3.63, 3.8) is 0 Å². The Morgan fingerprint density at radius 3 is 3.14 bits per heavy atom. The Morgan fingerprint density at radius 1 is 1.43 bits per heavy atom. The molecule has 0 bridgehead atoms. The van der Waals surface area contributed by atoms with Gasteiger partial charge in [-0.3, -0.25) is 0 Å². The zero-order valence-electron chi connectivity index (χ0n) is 12.7. The van der Waals surface area contributed by atoms with E-state index in [1.165, 1.54) is 5.56 Å². The summed E-state index contributed by atoms with van der Waals surface area (Å²) < 4.78 is 10.9. The summed E-state index contributed by atoms with van der Waals surface area (Å²) in [6.45, 7) is 5.73. The van der Waals surface area contributed by atoms with Crippen molar-refractivity contribution in [2.45, 2.75) is 25.8 Å².